The van der Waals surface area contributed by atoms with E-state index in [0.29, 0.717) is 29.5 Å². The first-order valence-corrected chi connectivity index (χ1v) is 6.78. The topological polar surface area (TPSA) is 69.2 Å². The molecule has 0 fully saturated rings. The summed E-state index contributed by atoms with van der Waals surface area (Å²) >= 11 is 3.99. The van der Waals surface area contributed by atoms with Crippen LogP contribution in [-0.2, 0) is 9.63 Å². The van der Waals surface area contributed by atoms with Crippen LogP contribution < -0.4 is 14.8 Å². The Bertz CT molecular complexity index is 519. The van der Waals surface area contributed by atoms with Crippen molar-refractivity contribution in [2.45, 2.75) is 6.92 Å². The normalized spacial score (nSPS) is 13.2. The zero-order chi connectivity index (χ0) is 14.4. The fraction of sp³-hybridized carbons (Fsp3) is 0.385. The second-order valence-corrected chi connectivity index (χ2v) is 4.54. The first kappa shape index (κ1) is 14.5. The molecule has 0 bridgehead atoms. The molecule has 0 aliphatic carbocycles. The van der Waals surface area contributed by atoms with Crippen molar-refractivity contribution in [2.75, 3.05) is 25.7 Å². The minimum absolute atomic E-state index is 0.115. The Hall–Kier alpha value is -1.89. The predicted molar refractivity (Wildman–Crippen MR) is 77.6 cm³/mol. The first-order chi connectivity index (χ1) is 9.70. The lowest BCUT2D eigenvalue weighted by Gasteiger charge is -2.04. The molecule has 0 unspecified atom stereocenters. The third-order valence-electron chi connectivity index (χ3n) is 2.62. The lowest BCUT2D eigenvalue weighted by Crippen LogP contribution is -2.28. The SMILES string of the molecule is CC(=NOCC(=O)NCCS)c1ccc2c(c1)OCO2. The Morgan fingerprint density at radius 1 is 1.45 bits per heavy atom. The van der Waals surface area contributed by atoms with Crippen LogP contribution in [-0.4, -0.2) is 37.3 Å². The number of nitrogens with one attached hydrogen (secondary N) is 1. The largest absolute Gasteiger partial charge is 0.454 e. The van der Waals surface area contributed by atoms with E-state index in [1.807, 2.05) is 18.2 Å². The van der Waals surface area contributed by atoms with E-state index in [1.165, 1.54) is 0 Å². The van der Waals surface area contributed by atoms with E-state index < -0.39 is 0 Å². The van der Waals surface area contributed by atoms with Crippen LogP contribution in [0.4, 0.5) is 0 Å². The van der Waals surface area contributed by atoms with E-state index >= 15 is 0 Å². The highest BCUT2D eigenvalue weighted by Crippen LogP contribution is 2.32. The fourth-order valence-electron chi connectivity index (χ4n) is 1.61. The van der Waals surface area contributed by atoms with Gasteiger partial charge in [0.1, 0.15) is 0 Å². The Labute approximate surface area is 122 Å². The fourth-order valence-corrected chi connectivity index (χ4v) is 1.72. The summed E-state index contributed by atoms with van der Waals surface area (Å²) in [5, 5.41) is 6.54. The molecule has 1 aliphatic heterocycles. The molecule has 1 amide bonds. The predicted octanol–water partition coefficient (Wildman–Crippen LogP) is 1.20. The van der Waals surface area contributed by atoms with Gasteiger partial charge in [-0.05, 0) is 25.1 Å². The molecule has 1 aromatic carbocycles. The maximum Gasteiger partial charge on any atom is 0.260 e. The molecule has 0 radical (unpaired) electrons. The summed E-state index contributed by atoms with van der Waals surface area (Å²) in [6.07, 6.45) is 0. The molecule has 1 heterocycles. The Kier molecular flexibility index (Phi) is 5.11. The number of fused-ring (bicyclic) bond motifs is 1. The van der Waals surface area contributed by atoms with E-state index in [2.05, 4.69) is 23.1 Å². The molecule has 108 valence electrons. The lowest BCUT2D eigenvalue weighted by atomic mass is 10.1. The number of hydrogen-bond donors (Lipinski definition) is 2. The second-order valence-electron chi connectivity index (χ2n) is 4.09. The van der Waals surface area contributed by atoms with Crippen molar-refractivity contribution in [1.29, 1.82) is 0 Å². The van der Waals surface area contributed by atoms with E-state index in [1.54, 1.807) is 6.92 Å². The smallest absolute Gasteiger partial charge is 0.260 e. The quantitative estimate of drug-likeness (QED) is 0.470. The number of amides is 1. The van der Waals surface area contributed by atoms with Crippen LogP contribution in [0.2, 0.25) is 0 Å². The molecule has 6 nitrogen and oxygen atoms in total. The van der Waals surface area contributed by atoms with Gasteiger partial charge >= 0.3 is 0 Å². The summed E-state index contributed by atoms with van der Waals surface area (Å²) in [6.45, 7) is 2.42. The Balaban J connectivity index is 1.89. The number of oxime groups is 1. The van der Waals surface area contributed by atoms with Crippen LogP contribution in [0.5, 0.6) is 11.5 Å². The molecular weight excluding hydrogens is 280 g/mol. The maximum atomic E-state index is 11.3. The van der Waals surface area contributed by atoms with Crippen molar-refractivity contribution >= 4 is 24.2 Å². The van der Waals surface area contributed by atoms with Crippen LogP contribution >= 0.6 is 12.6 Å². The molecule has 0 saturated carbocycles. The van der Waals surface area contributed by atoms with Crippen LogP contribution in [0.25, 0.3) is 0 Å². The third-order valence-corrected chi connectivity index (χ3v) is 2.85. The molecule has 0 atom stereocenters. The van der Waals surface area contributed by atoms with Gasteiger partial charge in [0.25, 0.3) is 5.91 Å². The monoisotopic (exact) mass is 296 g/mol. The van der Waals surface area contributed by atoms with Crippen LogP contribution in [0.15, 0.2) is 23.4 Å². The molecule has 1 aliphatic rings. The molecular formula is C13H16N2O4S. The summed E-state index contributed by atoms with van der Waals surface area (Å²) in [5.41, 5.74) is 1.51. The van der Waals surface area contributed by atoms with Crippen molar-refractivity contribution in [3.8, 4) is 11.5 Å². The number of nitrogens with zero attached hydrogens (tertiary/aromatic N) is 1. The van der Waals surface area contributed by atoms with Crippen molar-refractivity contribution in [3.63, 3.8) is 0 Å². The van der Waals surface area contributed by atoms with Gasteiger partial charge in [0.15, 0.2) is 18.1 Å². The maximum absolute atomic E-state index is 11.3. The Morgan fingerprint density at radius 3 is 3.05 bits per heavy atom. The average molecular weight is 296 g/mol. The summed E-state index contributed by atoms with van der Waals surface area (Å²) in [4.78, 5) is 16.3. The van der Waals surface area contributed by atoms with Crippen molar-refractivity contribution in [2.24, 2.45) is 5.16 Å². The molecule has 20 heavy (non-hydrogen) atoms. The van der Waals surface area contributed by atoms with Gasteiger partial charge < -0.3 is 19.6 Å². The Morgan fingerprint density at radius 2 is 2.25 bits per heavy atom. The minimum Gasteiger partial charge on any atom is -0.454 e. The van der Waals surface area contributed by atoms with Crippen molar-refractivity contribution < 1.29 is 19.1 Å². The molecule has 2 rings (SSSR count). The number of hydrogen-bond acceptors (Lipinski definition) is 6. The van der Waals surface area contributed by atoms with E-state index in [-0.39, 0.29) is 19.3 Å². The van der Waals surface area contributed by atoms with Gasteiger partial charge in [-0.3, -0.25) is 4.79 Å². The highest BCUT2D eigenvalue weighted by molar-refractivity contribution is 7.80. The van der Waals surface area contributed by atoms with Crippen LogP contribution in [0, 0.1) is 0 Å². The summed E-state index contributed by atoms with van der Waals surface area (Å²) < 4.78 is 10.5. The summed E-state index contributed by atoms with van der Waals surface area (Å²) in [6, 6.07) is 5.50. The number of carbonyl (C=O) groups is 1. The standard InChI is InChI=1S/C13H16N2O4S/c1-9(15-19-7-13(16)14-4-5-20)10-2-3-11-12(6-10)18-8-17-11/h2-3,6,20H,4-5,7-8H2,1H3,(H,14,16). The first-order valence-electron chi connectivity index (χ1n) is 6.15. The van der Waals surface area contributed by atoms with Gasteiger partial charge in [0.2, 0.25) is 6.79 Å². The van der Waals surface area contributed by atoms with Gasteiger partial charge in [-0.15, -0.1) is 0 Å². The molecule has 0 spiro atoms. The van der Waals surface area contributed by atoms with Gasteiger partial charge in [0.05, 0.1) is 5.71 Å². The van der Waals surface area contributed by atoms with E-state index in [0.717, 1.165) is 5.56 Å². The molecule has 0 saturated heterocycles. The van der Waals surface area contributed by atoms with Gasteiger partial charge in [-0.2, -0.15) is 12.6 Å². The third kappa shape index (κ3) is 3.80. The number of ether oxygens (including phenoxy) is 2. The summed E-state index contributed by atoms with van der Waals surface area (Å²) in [7, 11) is 0. The number of rotatable bonds is 6. The number of thiol groups is 1. The molecule has 1 N–H and O–H groups in total. The van der Waals surface area contributed by atoms with Crippen molar-refractivity contribution in [1.82, 2.24) is 5.32 Å². The van der Waals surface area contributed by atoms with Crippen LogP contribution in [0.1, 0.15) is 12.5 Å². The van der Waals surface area contributed by atoms with Gasteiger partial charge in [0, 0.05) is 17.9 Å². The van der Waals surface area contributed by atoms with Crippen LogP contribution in [0.3, 0.4) is 0 Å². The van der Waals surface area contributed by atoms with E-state index in [9.17, 15) is 4.79 Å². The number of benzene rings is 1. The van der Waals surface area contributed by atoms with E-state index in [4.69, 9.17) is 14.3 Å². The average Bonchev–Trinajstić information content (AvgIpc) is 2.92. The zero-order valence-electron chi connectivity index (χ0n) is 11.1. The zero-order valence-corrected chi connectivity index (χ0v) is 12.0. The number of carbonyl (C=O) groups excluding carboxylic acids is 1. The molecule has 7 heteroatoms. The summed E-state index contributed by atoms with van der Waals surface area (Å²) in [5.74, 6) is 1.77. The highest BCUT2D eigenvalue weighted by Gasteiger charge is 2.14. The highest BCUT2D eigenvalue weighted by atomic mass is 32.1. The van der Waals surface area contributed by atoms with Crippen molar-refractivity contribution in [3.05, 3.63) is 23.8 Å². The van der Waals surface area contributed by atoms with Gasteiger partial charge in [-0.1, -0.05) is 5.16 Å². The van der Waals surface area contributed by atoms with Gasteiger partial charge in [-0.25, -0.2) is 0 Å². The minimum atomic E-state index is -0.221. The molecule has 0 aromatic heterocycles. The second kappa shape index (κ2) is 7.04. The lowest BCUT2D eigenvalue weighted by molar-refractivity contribution is -0.125. The molecule has 1 aromatic rings.